The van der Waals surface area contributed by atoms with Gasteiger partial charge in [-0.2, -0.15) is 0 Å². The minimum Gasteiger partial charge on any atom is -0.497 e. The molecule has 0 N–H and O–H groups in total. The molecule has 0 aliphatic carbocycles. The predicted molar refractivity (Wildman–Crippen MR) is 73.4 cm³/mol. The molecule has 20 heavy (non-hydrogen) atoms. The van der Waals surface area contributed by atoms with Crippen LogP contribution < -0.4 is 4.74 Å². The van der Waals surface area contributed by atoms with E-state index in [0.29, 0.717) is 19.7 Å². The number of nitrogens with zero attached hydrogens (tertiary/aromatic N) is 1. The molecule has 1 aromatic rings. The molecule has 1 fully saturated rings. The van der Waals surface area contributed by atoms with Gasteiger partial charge in [-0.3, -0.25) is 14.5 Å². The first-order valence-electron chi connectivity index (χ1n) is 6.69. The van der Waals surface area contributed by atoms with Gasteiger partial charge in [0.05, 0.1) is 32.7 Å². The van der Waals surface area contributed by atoms with E-state index < -0.39 is 0 Å². The maximum Gasteiger partial charge on any atom is 0.307 e. The molecule has 1 atom stereocenters. The third kappa shape index (κ3) is 3.36. The zero-order chi connectivity index (χ0) is 14.5. The molecule has 5 heteroatoms. The van der Waals surface area contributed by atoms with Crippen molar-refractivity contribution in [2.75, 3.05) is 20.3 Å². The lowest BCUT2D eigenvalue weighted by Crippen LogP contribution is -2.57. The number of ether oxygens (including phenoxy) is 2. The molecule has 0 amide bonds. The number of benzene rings is 1. The molecule has 5 nitrogen and oxygen atoms in total. The topological polar surface area (TPSA) is 55.8 Å². The summed E-state index contributed by atoms with van der Waals surface area (Å²) in [6.45, 7) is 3.16. The van der Waals surface area contributed by atoms with Crippen LogP contribution in [0.15, 0.2) is 24.3 Å². The lowest BCUT2D eigenvalue weighted by atomic mass is 9.97. The van der Waals surface area contributed by atoms with Crippen LogP contribution in [0.25, 0.3) is 0 Å². The van der Waals surface area contributed by atoms with Gasteiger partial charge < -0.3 is 9.47 Å². The Morgan fingerprint density at radius 3 is 2.60 bits per heavy atom. The van der Waals surface area contributed by atoms with E-state index in [2.05, 4.69) is 0 Å². The van der Waals surface area contributed by atoms with Crippen molar-refractivity contribution in [1.29, 1.82) is 0 Å². The first-order chi connectivity index (χ1) is 9.63. The van der Waals surface area contributed by atoms with Crippen LogP contribution in [0.3, 0.4) is 0 Å². The summed E-state index contributed by atoms with van der Waals surface area (Å²) in [6, 6.07) is 7.36. The standard InChI is InChI=1S/C15H19NO4/c1-3-20-15(18)8-13-14(17)10-16(13)9-11-4-6-12(19-2)7-5-11/h4-7,13H,3,8-10H2,1-2H3. The van der Waals surface area contributed by atoms with Crippen molar-refractivity contribution < 1.29 is 19.1 Å². The van der Waals surface area contributed by atoms with E-state index in [9.17, 15) is 9.59 Å². The summed E-state index contributed by atoms with van der Waals surface area (Å²) in [5.41, 5.74) is 1.09. The van der Waals surface area contributed by atoms with Crippen LogP contribution in [0.1, 0.15) is 18.9 Å². The molecule has 1 aliphatic rings. The van der Waals surface area contributed by atoms with E-state index in [-0.39, 0.29) is 24.2 Å². The van der Waals surface area contributed by atoms with Gasteiger partial charge in [0.1, 0.15) is 5.75 Å². The zero-order valence-corrected chi connectivity index (χ0v) is 11.8. The van der Waals surface area contributed by atoms with Crippen LogP contribution in [0.4, 0.5) is 0 Å². The van der Waals surface area contributed by atoms with Crippen LogP contribution in [0.2, 0.25) is 0 Å². The summed E-state index contributed by atoms with van der Waals surface area (Å²) in [4.78, 5) is 25.0. The fourth-order valence-electron chi connectivity index (χ4n) is 2.26. The highest BCUT2D eigenvalue weighted by atomic mass is 16.5. The summed E-state index contributed by atoms with van der Waals surface area (Å²) in [5.74, 6) is 0.591. The van der Waals surface area contributed by atoms with E-state index in [0.717, 1.165) is 11.3 Å². The van der Waals surface area contributed by atoms with Crippen molar-refractivity contribution in [1.82, 2.24) is 4.90 Å². The molecule has 2 rings (SSSR count). The molecular weight excluding hydrogens is 258 g/mol. The summed E-state index contributed by atoms with van der Waals surface area (Å²) in [5, 5.41) is 0. The fraction of sp³-hybridized carbons (Fsp3) is 0.467. The van der Waals surface area contributed by atoms with Crippen molar-refractivity contribution in [2.45, 2.75) is 25.9 Å². The van der Waals surface area contributed by atoms with Crippen LogP contribution in [0, 0.1) is 0 Å². The molecule has 1 aliphatic heterocycles. The second-order valence-electron chi connectivity index (χ2n) is 4.74. The van der Waals surface area contributed by atoms with Gasteiger partial charge >= 0.3 is 5.97 Å². The average Bonchev–Trinajstić information content (AvgIpc) is 2.45. The Bertz CT molecular complexity index is 483. The fourth-order valence-corrected chi connectivity index (χ4v) is 2.26. The first-order valence-corrected chi connectivity index (χ1v) is 6.69. The highest BCUT2D eigenvalue weighted by molar-refractivity contribution is 5.94. The Hall–Kier alpha value is -1.88. The highest BCUT2D eigenvalue weighted by Gasteiger charge is 2.38. The Kier molecular flexibility index (Phi) is 4.74. The monoisotopic (exact) mass is 277 g/mol. The normalized spacial score (nSPS) is 18.5. The number of esters is 1. The quantitative estimate of drug-likeness (QED) is 0.736. The Morgan fingerprint density at radius 2 is 2.05 bits per heavy atom. The summed E-state index contributed by atoms with van der Waals surface area (Å²) in [7, 11) is 1.62. The molecule has 0 bridgehead atoms. The van der Waals surface area contributed by atoms with Gasteiger partial charge in [0.25, 0.3) is 0 Å². The van der Waals surface area contributed by atoms with Crippen LogP contribution >= 0.6 is 0 Å². The lowest BCUT2D eigenvalue weighted by Gasteiger charge is -2.38. The van der Waals surface area contributed by atoms with Gasteiger partial charge in [-0.15, -0.1) is 0 Å². The van der Waals surface area contributed by atoms with Crippen LogP contribution in [-0.4, -0.2) is 43.0 Å². The van der Waals surface area contributed by atoms with Crippen molar-refractivity contribution in [3.8, 4) is 5.75 Å². The highest BCUT2D eigenvalue weighted by Crippen LogP contribution is 2.22. The minimum atomic E-state index is -0.337. The number of rotatable bonds is 6. The van der Waals surface area contributed by atoms with Gasteiger partial charge in [-0.25, -0.2) is 0 Å². The van der Waals surface area contributed by atoms with Gasteiger partial charge in [-0.05, 0) is 24.6 Å². The van der Waals surface area contributed by atoms with E-state index in [1.54, 1.807) is 14.0 Å². The lowest BCUT2D eigenvalue weighted by molar-refractivity contribution is -0.151. The Balaban J connectivity index is 1.91. The van der Waals surface area contributed by atoms with Gasteiger partial charge in [-0.1, -0.05) is 12.1 Å². The average molecular weight is 277 g/mol. The minimum absolute atomic E-state index is 0.103. The molecule has 1 unspecified atom stereocenters. The second-order valence-corrected chi connectivity index (χ2v) is 4.74. The molecular formula is C15H19NO4. The number of likely N-dealkylation sites (tertiary alicyclic amines) is 1. The number of hydrogen-bond donors (Lipinski definition) is 0. The van der Waals surface area contributed by atoms with Crippen molar-refractivity contribution in [3.05, 3.63) is 29.8 Å². The van der Waals surface area contributed by atoms with E-state index in [1.807, 2.05) is 29.2 Å². The van der Waals surface area contributed by atoms with Crippen molar-refractivity contribution >= 4 is 11.8 Å². The number of carbonyl (C=O) groups is 2. The third-order valence-electron chi connectivity index (χ3n) is 3.38. The Morgan fingerprint density at radius 1 is 1.35 bits per heavy atom. The summed E-state index contributed by atoms with van der Waals surface area (Å²) < 4.78 is 9.99. The zero-order valence-electron chi connectivity index (χ0n) is 11.8. The smallest absolute Gasteiger partial charge is 0.307 e. The molecule has 0 spiro atoms. The van der Waals surface area contributed by atoms with Crippen molar-refractivity contribution in [2.24, 2.45) is 0 Å². The van der Waals surface area contributed by atoms with Gasteiger partial charge in [0, 0.05) is 6.54 Å². The van der Waals surface area contributed by atoms with Crippen LogP contribution in [-0.2, 0) is 20.9 Å². The predicted octanol–water partition coefficient (Wildman–Crippen LogP) is 1.40. The van der Waals surface area contributed by atoms with Gasteiger partial charge in [0.2, 0.25) is 0 Å². The molecule has 0 saturated carbocycles. The number of carbonyl (C=O) groups excluding carboxylic acids is 2. The van der Waals surface area contributed by atoms with Gasteiger partial charge in [0.15, 0.2) is 5.78 Å². The molecule has 1 saturated heterocycles. The number of hydrogen-bond acceptors (Lipinski definition) is 5. The van der Waals surface area contributed by atoms with E-state index in [1.165, 1.54) is 0 Å². The maximum atomic E-state index is 11.6. The SMILES string of the molecule is CCOC(=O)CC1C(=O)CN1Cc1ccc(OC)cc1. The first kappa shape index (κ1) is 14.5. The Labute approximate surface area is 118 Å². The van der Waals surface area contributed by atoms with Crippen molar-refractivity contribution in [3.63, 3.8) is 0 Å². The summed E-state index contributed by atoms with van der Waals surface area (Å²) >= 11 is 0. The number of ketones is 1. The van der Waals surface area contributed by atoms with E-state index in [4.69, 9.17) is 9.47 Å². The maximum absolute atomic E-state index is 11.6. The second kappa shape index (κ2) is 6.52. The van der Waals surface area contributed by atoms with E-state index >= 15 is 0 Å². The summed E-state index contributed by atoms with van der Waals surface area (Å²) in [6.07, 6.45) is 0.142. The third-order valence-corrected chi connectivity index (χ3v) is 3.38. The molecule has 1 aromatic carbocycles. The molecule has 1 heterocycles. The van der Waals surface area contributed by atoms with Crippen LogP contribution in [0.5, 0.6) is 5.75 Å². The molecule has 108 valence electrons. The largest absolute Gasteiger partial charge is 0.497 e. The number of methoxy groups -OCH3 is 1. The molecule has 0 aromatic heterocycles. The molecule has 0 radical (unpaired) electrons. The number of Topliss-reactive ketones (excluding diaryl/α,β-unsaturated/α-hetero) is 1.